The topological polar surface area (TPSA) is 56.3 Å². The van der Waals surface area contributed by atoms with Crippen molar-refractivity contribution in [2.75, 3.05) is 26.3 Å². The van der Waals surface area contributed by atoms with Gasteiger partial charge in [-0.3, -0.25) is 0 Å². The first kappa shape index (κ1) is 14.2. The molecule has 1 N–H and O–H groups in total. The number of rotatable bonds is 2. The van der Waals surface area contributed by atoms with E-state index in [2.05, 4.69) is 15.3 Å². The number of ether oxygens (including phenoxy) is 2. The fourth-order valence-electron chi connectivity index (χ4n) is 2.41. The maximum Gasteiger partial charge on any atom is 0.233 e. The molecule has 0 radical (unpaired) electrons. The quantitative estimate of drug-likeness (QED) is 0.917. The lowest BCUT2D eigenvalue weighted by Crippen LogP contribution is -2.20. The van der Waals surface area contributed by atoms with Gasteiger partial charge < -0.3 is 14.8 Å². The normalized spacial score (nSPS) is 21.0. The van der Waals surface area contributed by atoms with Crippen molar-refractivity contribution in [3.05, 3.63) is 30.5 Å². The van der Waals surface area contributed by atoms with Gasteiger partial charge in [-0.2, -0.15) is 0 Å². The van der Waals surface area contributed by atoms with Crippen LogP contribution < -0.4 is 10.1 Å². The van der Waals surface area contributed by atoms with Gasteiger partial charge in [0.25, 0.3) is 0 Å². The van der Waals surface area contributed by atoms with Crippen LogP contribution in [0.25, 0.3) is 11.0 Å². The Kier molecular flexibility index (Phi) is 4.97. The second-order valence-corrected chi connectivity index (χ2v) is 5.25. The standard InChI is InChI=1S/C12H13N3O.C4H8O/c1-2-4-11-10(3-1)14-8-12(15-11)16-9-5-6-13-7-9;1-2-4-5-3-1/h1-4,8-9,13H,5-7H2;1-4H2. The summed E-state index contributed by atoms with van der Waals surface area (Å²) in [5.41, 5.74) is 1.78. The molecule has 21 heavy (non-hydrogen) atoms. The lowest BCUT2D eigenvalue weighted by atomic mass is 10.3. The first-order valence-electron chi connectivity index (χ1n) is 7.59. The number of hydrogen-bond donors (Lipinski definition) is 1. The SMILES string of the molecule is C1CCOC1.c1ccc2nc(OC3CCNC3)cnc2c1. The van der Waals surface area contributed by atoms with Crippen LogP contribution in [-0.4, -0.2) is 42.4 Å². The molecule has 3 heterocycles. The number of para-hydroxylation sites is 2. The van der Waals surface area contributed by atoms with Gasteiger partial charge in [0, 0.05) is 19.8 Å². The maximum absolute atomic E-state index is 5.75. The molecule has 1 unspecified atom stereocenters. The van der Waals surface area contributed by atoms with Crippen LogP contribution in [-0.2, 0) is 4.74 Å². The monoisotopic (exact) mass is 287 g/mol. The van der Waals surface area contributed by atoms with Crippen molar-refractivity contribution in [3.63, 3.8) is 0 Å². The molecule has 0 bridgehead atoms. The second-order valence-electron chi connectivity index (χ2n) is 5.25. The second kappa shape index (κ2) is 7.33. The lowest BCUT2D eigenvalue weighted by molar-refractivity contribution is 0.198. The Morgan fingerprint density at radius 2 is 1.95 bits per heavy atom. The fourth-order valence-corrected chi connectivity index (χ4v) is 2.41. The summed E-state index contributed by atoms with van der Waals surface area (Å²) in [5.74, 6) is 0.618. The molecule has 2 aliphatic heterocycles. The van der Waals surface area contributed by atoms with Gasteiger partial charge in [0.2, 0.25) is 5.88 Å². The lowest BCUT2D eigenvalue weighted by Gasteiger charge is -2.11. The van der Waals surface area contributed by atoms with Crippen molar-refractivity contribution in [2.24, 2.45) is 0 Å². The highest BCUT2D eigenvalue weighted by atomic mass is 16.5. The number of benzene rings is 1. The van der Waals surface area contributed by atoms with Crippen molar-refractivity contribution < 1.29 is 9.47 Å². The highest BCUT2D eigenvalue weighted by molar-refractivity contribution is 5.73. The molecular weight excluding hydrogens is 266 g/mol. The zero-order chi connectivity index (χ0) is 14.3. The third-order valence-corrected chi connectivity index (χ3v) is 3.56. The van der Waals surface area contributed by atoms with E-state index < -0.39 is 0 Å². The van der Waals surface area contributed by atoms with E-state index in [4.69, 9.17) is 9.47 Å². The summed E-state index contributed by atoms with van der Waals surface area (Å²) in [6.45, 7) is 3.92. The van der Waals surface area contributed by atoms with E-state index in [0.29, 0.717) is 5.88 Å². The van der Waals surface area contributed by atoms with E-state index in [9.17, 15) is 0 Å². The minimum atomic E-state index is 0.232. The maximum atomic E-state index is 5.75. The molecule has 2 aliphatic rings. The van der Waals surface area contributed by atoms with Gasteiger partial charge in [0.15, 0.2) is 0 Å². The summed E-state index contributed by atoms with van der Waals surface area (Å²) in [6, 6.07) is 7.81. The highest BCUT2D eigenvalue weighted by Crippen LogP contribution is 2.15. The molecule has 1 aromatic carbocycles. The minimum absolute atomic E-state index is 0.232. The van der Waals surface area contributed by atoms with Crippen LogP contribution in [0.1, 0.15) is 19.3 Å². The van der Waals surface area contributed by atoms with Crippen LogP contribution in [0.4, 0.5) is 0 Å². The predicted octanol–water partition coefficient (Wildman–Crippen LogP) is 2.17. The van der Waals surface area contributed by atoms with Crippen LogP contribution in [0.15, 0.2) is 30.5 Å². The number of fused-ring (bicyclic) bond motifs is 1. The third-order valence-electron chi connectivity index (χ3n) is 3.56. The van der Waals surface area contributed by atoms with Crippen LogP contribution in [0, 0.1) is 0 Å². The Balaban J connectivity index is 0.000000225. The van der Waals surface area contributed by atoms with E-state index in [1.807, 2.05) is 24.3 Å². The Labute approximate surface area is 124 Å². The molecule has 112 valence electrons. The molecule has 2 fully saturated rings. The van der Waals surface area contributed by atoms with Crippen molar-refractivity contribution in [2.45, 2.75) is 25.4 Å². The van der Waals surface area contributed by atoms with Crippen molar-refractivity contribution in [1.29, 1.82) is 0 Å². The smallest absolute Gasteiger partial charge is 0.233 e. The zero-order valence-corrected chi connectivity index (χ0v) is 12.1. The summed E-state index contributed by atoms with van der Waals surface area (Å²) in [7, 11) is 0. The molecule has 5 nitrogen and oxygen atoms in total. The van der Waals surface area contributed by atoms with Gasteiger partial charge in [-0.1, -0.05) is 12.1 Å². The molecule has 2 aromatic rings. The molecule has 0 spiro atoms. The number of nitrogens with zero attached hydrogens (tertiary/aromatic N) is 2. The highest BCUT2D eigenvalue weighted by Gasteiger charge is 2.16. The largest absolute Gasteiger partial charge is 0.472 e. The average molecular weight is 287 g/mol. The molecule has 2 saturated heterocycles. The van der Waals surface area contributed by atoms with Crippen LogP contribution in [0.5, 0.6) is 5.88 Å². The third kappa shape index (κ3) is 4.12. The Morgan fingerprint density at radius 3 is 2.62 bits per heavy atom. The Hall–Kier alpha value is -1.72. The van der Waals surface area contributed by atoms with E-state index in [-0.39, 0.29) is 6.10 Å². The van der Waals surface area contributed by atoms with E-state index >= 15 is 0 Å². The van der Waals surface area contributed by atoms with Gasteiger partial charge in [-0.05, 0) is 37.9 Å². The van der Waals surface area contributed by atoms with Crippen LogP contribution >= 0.6 is 0 Å². The van der Waals surface area contributed by atoms with Crippen LogP contribution in [0.2, 0.25) is 0 Å². The average Bonchev–Trinajstić information content (AvgIpc) is 3.23. The first-order valence-corrected chi connectivity index (χ1v) is 7.59. The molecular formula is C16H21N3O2. The molecule has 0 saturated carbocycles. The summed E-state index contributed by atoms with van der Waals surface area (Å²) < 4.78 is 10.7. The van der Waals surface area contributed by atoms with Gasteiger partial charge in [-0.25, -0.2) is 9.97 Å². The van der Waals surface area contributed by atoms with Gasteiger partial charge >= 0.3 is 0 Å². The zero-order valence-electron chi connectivity index (χ0n) is 12.1. The molecule has 1 aromatic heterocycles. The van der Waals surface area contributed by atoms with E-state index in [1.165, 1.54) is 12.8 Å². The summed E-state index contributed by atoms with van der Waals surface area (Å²) in [6.07, 6.45) is 5.52. The number of hydrogen-bond acceptors (Lipinski definition) is 5. The van der Waals surface area contributed by atoms with Gasteiger partial charge in [0.05, 0.1) is 17.2 Å². The fraction of sp³-hybridized carbons (Fsp3) is 0.500. The van der Waals surface area contributed by atoms with Crippen LogP contribution in [0.3, 0.4) is 0 Å². The predicted molar refractivity (Wildman–Crippen MR) is 81.5 cm³/mol. The summed E-state index contributed by atoms with van der Waals surface area (Å²) in [4.78, 5) is 8.74. The van der Waals surface area contributed by atoms with Crippen molar-refractivity contribution in [3.8, 4) is 5.88 Å². The van der Waals surface area contributed by atoms with E-state index in [1.54, 1.807) is 6.20 Å². The molecule has 1 atom stereocenters. The molecule has 5 heteroatoms. The van der Waals surface area contributed by atoms with Crippen molar-refractivity contribution >= 4 is 11.0 Å². The summed E-state index contributed by atoms with van der Waals surface area (Å²) in [5, 5.41) is 3.26. The Morgan fingerprint density at radius 1 is 1.14 bits per heavy atom. The molecule has 0 amide bonds. The number of aromatic nitrogens is 2. The van der Waals surface area contributed by atoms with Gasteiger partial charge in [0.1, 0.15) is 6.10 Å². The molecule has 0 aliphatic carbocycles. The minimum Gasteiger partial charge on any atom is -0.472 e. The summed E-state index contributed by atoms with van der Waals surface area (Å²) >= 11 is 0. The molecule has 4 rings (SSSR count). The Bertz CT molecular complexity index is 559. The van der Waals surface area contributed by atoms with Gasteiger partial charge in [-0.15, -0.1) is 0 Å². The van der Waals surface area contributed by atoms with E-state index in [0.717, 1.165) is 43.8 Å². The van der Waals surface area contributed by atoms with Crippen molar-refractivity contribution in [1.82, 2.24) is 15.3 Å². The number of nitrogens with one attached hydrogen (secondary N) is 1. The first-order chi connectivity index (χ1) is 10.4.